The minimum absolute atomic E-state index is 0.200. The van der Waals surface area contributed by atoms with Crippen LogP contribution < -0.4 is 5.32 Å². The highest BCUT2D eigenvalue weighted by Gasteiger charge is 2.27. The fourth-order valence-corrected chi connectivity index (χ4v) is 3.18. The molecule has 21 heavy (non-hydrogen) atoms. The van der Waals surface area contributed by atoms with Crippen molar-refractivity contribution in [2.45, 2.75) is 58.0 Å². The standard InChI is InChI=1S/C18H28N2O/c1-3-20(4-2)18(21)17(15-11-7-5-8-12-15)19-16-13-9-6-10-14-16/h5,7-8,11-12,16-17,19H,3-4,6,9-10,13-14H2,1-2H3. The molecule has 1 unspecified atom stereocenters. The minimum atomic E-state index is -0.200. The zero-order valence-electron chi connectivity index (χ0n) is 13.3. The number of likely N-dealkylation sites (N-methyl/N-ethyl adjacent to an activating group) is 1. The van der Waals surface area contributed by atoms with Gasteiger partial charge < -0.3 is 4.90 Å². The van der Waals surface area contributed by atoms with Crippen molar-refractivity contribution in [1.82, 2.24) is 10.2 Å². The van der Waals surface area contributed by atoms with Gasteiger partial charge in [0.15, 0.2) is 0 Å². The number of amides is 1. The van der Waals surface area contributed by atoms with Gasteiger partial charge >= 0.3 is 0 Å². The third-order valence-electron chi connectivity index (χ3n) is 4.46. The molecule has 1 aromatic carbocycles. The molecule has 1 amide bonds. The summed E-state index contributed by atoms with van der Waals surface area (Å²) in [6, 6.07) is 10.4. The van der Waals surface area contributed by atoms with Crippen LogP contribution in [0, 0.1) is 0 Å². The van der Waals surface area contributed by atoms with E-state index in [0.717, 1.165) is 18.7 Å². The molecule has 3 nitrogen and oxygen atoms in total. The highest BCUT2D eigenvalue weighted by molar-refractivity contribution is 5.83. The van der Waals surface area contributed by atoms with Gasteiger partial charge in [-0.05, 0) is 32.3 Å². The Bertz CT molecular complexity index is 422. The van der Waals surface area contributed by atoms with Gasteiger partial charge in [-0.3, -0.25) is 10.1 Å². The van der Waals surface area contributed by atoms with Gasteiger partial charge in [-0.25, -0.2) is 0 Å². The van der Waals surface area contributed by atoms with Gasteiger partial charge in [0.1, 0.15) is 6.04 Å². The number of rotatable bonds is 6. The summed E-state index contributed by atoms with van der Waals surface area (Å²) < 4.78 is 0. The molecule has 0 saturated heterocycles. The molecular weight excluding hydrogens is 260 g/mol. The monoisotopic (exact) mass is 288 g/mol. The zero-order chi connectivity index (χ0) is 15.1. The van der Waals surface area contributed by atoms with E-state index in [2.05, 4.69) is 17.4 Å². The quantitative estimate of drug-likeness (QED) is 0.868. The molecule has 1 aliphatic carbocycles. The van der Waals surface area contributed by atoms with E-state index in [9.17, 15) is 4.79 Å². The molecule has 1 N–H and O–H groups in total. The number of nitrogens with one attached hydrogen (secondary N) is 1. The molecule has 0 aliphatic heterocycles. The number of carbonyl (C=O) groups excluding carboxylic acids is 1. The predicted molar refractivity (Wildman–Crippen MR) is 87.1 cm³/mol. The van der Waals surface area contributed by atoms with E-state index in [1.165, 1.54) is 32.1 Å². The van der Waals surface area contributed by atoms with E-state index >= 15 is 0 Å². The minimum Gasteiger partial charge on any atom is -0.342 e. The second kappa shape index (κ2) is 8.18. The third-order valence-corrected chi connectivity index (χ3v) is 4.46. The average molecular weight is 288 g/mol. The van der Waals surface area contributed by atoms with E-state index in [1.54, 1.807) is 0 Å². The Hall–Kier alpha value is -1.35. The van der Waals surface area contributed by atoms with Gasteiger partial charge in [-0.2, -0.15) is 0 Å². The highest BCUT2D eigenvalue weighted by Crippen LogP contribution is 2.23. The van der Waals surface area contributed by atoms with E-state index in [4.69, 9.17) is 0 Å². The van der Waals surface area contributed by atoms with Crippen molar-refractivity contribution in [3.05, 3.63) is 35.9 Å². The summed E-state index contributed by atoms with van der Waals surface area (Å²) in [7, 11) is 0. The van der Waals surface area contributed by atoms with Crippen molar-refractivity contribution in [3.8, 4) is 0 Å². The van der Waals surface area contributed by atoms with Crippen LogP contribution in [-0.2, 0) is 4.79 Å². The Morgan fingerprint density at radius 2 is 1.76 bits per heavy atom. The maximum Gasteiger partial charge on any atom is 0.244 e. The molecule has 1 saturated carbocycles. The predicted octanol–water partition coefficient (Wildman–Crippen LogP) is 3.52. The van der Waals surface area contributed by atoms with Crippen molar-refractivity contribution in [2.24, 2.45) is 0 Å². The molecule has 116 valence electrons. The van der Waals surface area contributed by atoms with Crippen molar-refractivity contribution in [3.63, 3.8) is 0 Å². The Morgan fingerprint density at radius 1 is 1.14 bits per heavy atom. The summed E-state index contributed by atoms with van der Waals surface area (Å²) in [6.45, 7) is 5.63. The number of benzene rings is 1. The van der Waals surface area contributed by atoms with Crippen LogP contribution in [0.3, 0.4) is 0 Å². The van der Waals surface area contributed by atoms with Crippen LogP contribution in [0.1, 0.15) is 57.6 Å². The van der Waals surface area contributed by atoms with Gasteiger partial charge in [0.2, 0.25) is 5.91 Å². The van der Waals surface area contributed by atoms with Crippen molar-refractivity contribution in [1.29, 1.82) is 0 Å². The van der Waals surface area contributed by atoms with Crippen LogP contribution in [0.5, 0.6) is 0 Å². The molecule has 0 aromatic heterocycles. The molecule has 0 heterocycles. The van der Waals surface area contributed by atoms with Gasteiger partial charge in [0, 0.05) is 19.1 Å². The SMILES string of the molecule is CCN(CC)C(=O)C(NC1CCCCC1)c1ccccc1. The maximum atomic E-state index is 12.8. The van der Waals surface area contributed by atoms with Crippen molar-refractivity contribution < 1.29 is 4.79 Å². The average Bonchev–Trinajstić information content (AvgIpc) is 2.55. The van der Waals surface area contributed by atoms with E-state index < -0.39 is 0 Å². The fourth-order valence-electron chi connectivity index (χ4n) is 3.18. The number of carbonyl (C=O) groups is 1. The van der Waals surface area contributed by atoms with Gasteiger partial charge in [0.25, 0.3) is 0 Å². The Labute approximate surface area is 128 Å². The van der Waals surface area contributed by atoms with Crippen LogP contribution >= 0.6 is 0 Å². The Morgan fingerprint density at radius 3 is 2.33 bits per heavy atom. The van der Waals surface area contributed by atoms with E-state index in [-0.39, 0.29) is 11.9 Å². The lowest BCUT2D eigenvalue weighted by atomic mass is 9.93. The maximum absolute atomic E-state index is 12.8. The van der Waals surface area contributed by atoms with Crippen molar-refractivity contribution >= 4 is 5.91 Å². The third kappa shape index (κ3) is 4.31. The summed E-state index contributed by atoms with van der Waals surface area (Å²) in [5.41, 5.74) is 1.08. The molecule has 0 spiro atoms. The first kappa shape index (κ1) is 16.0. The molecular formula is C18H28N2O. The second-order valence-electron chi connectivity index (χ2n) is 5.86. The number of hydrogen-bond donors (Lipinski definition) is 1. The second-order valence-corrected chi connectivity index (χ2v) is 5.86. The molecule has 1 fully saturated rings. The topological polar surface area (TPSA) is 32.3 Å². The normalized spacial score (nSPS) is 17.4. The van der Waals surface area contributed by atoms with Gasteiger partial charge in [-0.1, -0.05) is 49.6 Å². The lowest BCUT2D eigenvalue weighted by Gasteiger charge is -2.31. The first-order chi connectivity index (χ1) is 10.3. The summed E-state index contributed by atoms with van der Waals surface area (Å²) in [5, 5.41) is 3.63. The first-order valence-electron chi connectivity index (χ1n) is 8.36. The molecule has 3 heteroatoms. The number of nitrogens with zero attached hydrogens (tertiary/aromatic N) is 1. The van der Waals surface area contributed by atoms with E-state index in [0.29, 0.717) is 6.04 Å². The molecule has 0 radical (unpaired) electrons. The Kier molecular flexibility index (Phi) is 6.24. The first-order valence-corrected chi connectivity index (χ1v) is 8.36. The van der Waals surface area contributed by atoms with Crippen LogP contribution in [0.2, 0.25) is 0 Å². The van der Waals surface area contributed by atoms with Gasteiger partial charge in [0.05, 0.1) is 0 Å². The van der Waals surface area contributed by atoms with Crippen LogP contribution in [0.15, 0.2) is 30.3 Å². The largest absolute Gasteiger partial charge is 0.342 e. The molecule has 1 aliphatic rings. The highest BCUT2D eigenvalue weighted by atomic mass is 16.2. The van der Waals surface area contributed by atoms with E-state index in [1.807, 2.05) is 36.9 Å². The molecule has 2 rings (SSSR count). The van der Waals surface area contributed by atoms with Crippen LogP contribution in [0.4, 0.5) is 0 Å². The summed E-state index contributed by atoms with van der Waals surface area (Å²) >= 11 is 0. The molecule has 1 aromatic rings. The molecule has 0 bridgehead atoms. The summed E-state index contributed by atoms with van der Waals surface area (Å²) in [4.78, 5) is 14.8. The lowest BCUT2D eigenvalue weighted by molar-refractivity contribution is -0.133. The summed E-state index contributed by atoms with van der Waals surface area (Å²) in [6.07, 6.45) is 6.26. The fraction of sp³-hybridized carbons (Fsp3) is 0.611. The smallest absolute Gasteiger partial charge is 0.244 e. The summed E-state index contributed by atoms with van der Waals surface area (Å²) in [5.74, 6) is 0.205. The van der Waals surface area contributed by atoms with Gasteiger partial charge in [-0.15, -0.1) is 0 Å². The lowest BCUT2D eigenvalue weighted by Crippen LogP contribution is -2.44. The number of hydrogen-bond acceptors (Lipinski definition) is 2. The van der Waals surface area contributed by atoms with Crippen LogP contribution in [-0.4, -0.2) is 29.9 Å². The Balaban J connectivity index is 2.15. The zero-order valence-corrected chi connectivity index (χ0v) is 13.3. The van der Waals surface area contributed by atoms with Crippen molar-refractivity contribution in [2.75, 3.05) is 13.1 Å². The van der Waals surface area contributed by atoms with Crippen LogP contribution in [0.25, 0.3) is 0 Å². The molecule has 1 atom stereocenters.